The number of rotatable bonds is 7. The number of hydrogen-bond acceptors (Lipinski definition) is 4. The lowest BCUT2D eigenvalue weighted by Gasteiger charge is -2.22. The van der Waals surface area contributed by atoms with Gasteiger partial charge in [-0.05, 0) is 25.7 Å². The molecular weight excluding hydrogens is 252 g/mol. The number of hydrogen-bond donors (Lipinski definition) is 4. The van der Waals surface area contributed by atoms with Crippen LogP contribution in [-0.2, 0) is 9.53 Å². The summed E-state index contributed by atoms with van der Waals surface area (Å²) in [5, 5.41) is 22.6. The predicted octanol–water partition coefficient (Wildman–Crippen LogP) is 0.0804. The molecule has 7 nitrogen and oxygen atoms in total. The quantitative estimate of drug-likeness (QED) is 0.526. The van der Waals surface area contributed by atoms with E-state index in [4.69, 9.17) is 14.9 Å². The number of carboxylic acids is 1. The van der Waals surface area contributed by atoms with Crippen molar-refractivity contribution in [2.24, 2.45) is 0 Å². The number of aliphatic hydroxyl groups excluding tert-OH is 1. The molecule has 2 amide bonds. The van der Waals surface area contributed by atoms with Crippen molar-refractivity contribution >= 4 is 12.0 Å². The molecule has 1 aliphatic rings. The number of amides is 2. The largest absolute Gasteiger partial charge is 0.479 e. The minimum absolute atomic E-state index is 0.00547. The lowest BCUT2D eigenvalue weighted by Crippen LogP contribution is -2.39. The van der Waals surface area contributed by atoms with Crippen molar-refractivity contribution < 1.29 is 24.5 Å². The van der Waals surface area contributed by atoms with E-state index in [1.165, 1.54) is 6.42 Å². The minimum Gasteiger partial charge on any atom is -0.479 e. The van der Waals surface area contributed by atoms with Gasteiger partial charge in [-0.3, -0.25) is 0 Å². The van der Waals surface area contributed by atoms with Crippen molar-refractivity contribution in [3.8, 4) is 0 Å². The Morgan fingerprint density at radius 2 is 2.00 bits per heavy atom. The average Bonchev–Trinajstić information content (AvgIpc) is 2.39. The van der Waals surface area contributed by atoms with Crippen LogP contribution in [0.5, 0.6) is 0 Å². The lowest BCUT2D eigenvalue weighted by atomic mass is 10.1. The van der Waals surface area contributed by atoms with Crippen LogP contribution in [0.15, 0.2) is 0 Å². The Kier molecular flexibility index (Phi) is 7.20. The summed E-state index contributed by atoms with van der Waals surface area (Å²) in [4.78, 5) is 21.7. The van der Waals surface area contributed by atoms with Crippen molar-refractivity contribution in [1.82, 2.24) is 10.6 Å². The zero-order chi connectivity index (χ0) is 14.1. The summed E-state index contributed by atoms with van der Waals surface area (Å²) >= 11 is 0. The first kappa shape index (κ1) is 15.7. The van der Waals surface area contributed by atoms with E-state index >= 15 is 0 Å². The smallest absolute Gasteiger partial charge is 0.332 e. The number of urea groups is 1. The maximum Gasteiger partial charge on any atom is 0.332 e. The normalized spacial score (nSPS) is 20.6. The van der Waals surface area contributed by atoms with Crippen molar-refractivity contribution in [2.45, 2.75) is 44.3 Å². The minimum atomic E-state index is -1.43. The van der Waals surface area contributed by atoms with Gasteiger partial charge in [0.25, 0.3) is 0 Å². The van der Waals surface area contributed by atoms with Crippen LogP contribution >= 0.6 is 0 Å². The van der Waals surface area contributed by atoms with Crippen molar-refractivity contribution in [1.29, 1.82) is 0 Å². The maximum absolute atomic E-state index is 11.3. The van der Waals surface area contributed by atoms with Gasteiger partial charge in [-0.25, -0.2) is 9.59 Å². The van der Waals surface area contributed by atoms with Gasteiger partial charge in [0.1, 0.15) is 0 Å². The highest BCUT2D eigenvalue weighted by Gasteiger charge is 2.14. The van der Waals surface area contributed by atoms with Crippen molar-refractivity contribution in [2.75, 3.05) is 19.7 Å². The molecule has 1 aliphatic heterocycles. The van der Waals surface area contributed by atoms with Crippen LogP contribution in [0.25, 0.3) is 0 Å². The number of carbonyl (C=O) groups is 2. The third-order valence-corrected chi connectivity index (χ3v) is 3.01. The molecule has 0 spiro atoms. The van der Waals surface area contributed by atoms with Crippen LogP contribution in [-0.4, -0.2) is 54.1 Å². The number of nitrogens with one attached hydrogen (secondary N) is 2. The van der Waals surface area contributed by atoms with Crippen molar-refractivity contribution in [3.63, 3.8) is 0 Å². The monoisotopic (exact) mass is 274 g/mol. The number of aliphatic carboxylic acids is 1. The average molecular weight is 274 g/mol. The number of ether oxygens (including phenoxy) is 1. The summed E-state index contributed by atoms with van der Waals surface area (Å²) in [5.74, 6) is -1.28. The van der Waals surface area contributed by atoms with Crippen LogP contribution in [0.3, 0.4) is 0 Å². The van der Waals surface area contributed by atoms with Gasteiger partial charge in [-0.2, -0.15) is 0 Å². The summed E-state index contributed by atoms with van der Waals surface area (Å²) in [5.41, 5.74) is 0. The third-order valence-electron chi connectivity index (χ3n) is 3.01. The predicted molar refractivity (Wildman–Crippen MR) is 67.9 cm³/mol. The zero-order valence-corrected chi connectivity index (χ0v) is 10.9. The highest BCUT2D eigenvalue weighted by Crippen LogP contribution is 2.14. The maximum atomic E-state index is 11.3. The summed E-state index contributed by atoms with van der Waals surface area (Å²) in [6.45, 7) is 1.45. The molecule has 2 atom stereocenters. The van der Waals surface area contributed by atoms with Gasteiger partial charge < -0.3 is 25.6 Å². The SMILES string of the molecule is O=C(NCCC1CCCCO1)NCCC(O)C(=O)O. The molecule has 0 aromatic rings. The summed E-state index contributed by atoms with van der Waals surface area (Å²) in [6, 6.07) is -0.353. The van der Waals surface area contributed by atoms with Gasteiger partial charge >= 0.3 is 12.0 Å². The Labute approximate surface area is 112 Å². The van der Waals surface area contributed by atoms with E-state index in [1.54, 1.807) is 0 Å². The molecule has 0 saturated carbocycles. The molecule has 0 radical (unpaired) electrons. The molecule has 4 N–H and O–H groups in total. The zero-order valence-electron chi connectivity index (χ0n) is 10.9. The van der Waals surface area contributed by atoms with Gasteiger partial charge in [-0.15, -0.1) is 0 Å². The van der Waals surface area contributed by atoms with Crippen LogP contribution in [0, 0.1) is 0 Å². The van der Waals surface area contributed by atoms with E-state index in [-0.39, 0.29) is 25.1 Å². The first-order chi connectivity index (χ1) is 9.09. The molecule has 0 bridgehead atoms. The van der Waals surface area contributed by atoms with Crippen LogP contribution in [0.1, 0.15) is 32.1 Å². The molecule has 110 valence electrons. The Bertz CT molecular complexity index is 292. The number of carboxylic acid groups (broad SMARTS) is 1. The molecule has 0 aromatic carbocycles. The molecule has 1 fully saturated rings. The fourth-order valence-corrected chi connectivity index (χ4v) is 1.89. The Balaban J connectivity index is 1.99. The number of aliphatic hydroxyl groups is 1. The van der Waals surface area contributed by atoms with E-state index in [9.17, 15) is 9.59 Å². The van der Waals surface area contributed by atoms with Crippen LogP contribution < -0.4 is 10.6 Å². The molecule has 0 aromatic heterocycles. The summed E-state index contributed by atoms with van der Waals surface area (Å²) < 4.78 is 5.53. The van der Waals surface area contributed by atoms with Gasteiger partial charge in [0.15, 0.2) is 6.10 Å². The van der Waals surface area contributed by atoms with Gasteiger partial charge in [0.2, 0.25) is 0 Å². The van der Waals surface area contributed by atoms with Gasteiger partial charge in [0, 0.05) is 26.1 Å². The molecule has 1 saturated heterocycles. The Morgan fingerprint density at radius 1 is 1.26 bits per heavy atom. The molecular formula is C12H22N2O5. The topological polar surface area (TPSA) is 108 Å². The standard InChI is InChI=1S/C12H22N2O5/c15-10(11(16)17)5-7-14-12(18)13-6-4-9-3-1-2-8-19-9/h9-10,15H,1-8H2,(H,16,17)(H2,13,14,18). The van der Waals surface area contributed by atoms with Gasteiger partial charge in [0.05, 0.1) is 6.10 Å². The Morgan fingerprint density at radius 3 is 2.63 bits per heavy atom. The van der Waals surface area contributed by atoms with Crippen molar-refractivity contribution in [3.05, 3.63) is 0 Å². The fourth-order valence-electron chi connectivity index (χ4n) is 1.89. The molecule has 19 heavy (non-hydrogen) atoms. The van der Waals surface area contributed by atoms with E-state index in [2.05, 4.69) is 10.6 Å². The molecule has 0 aliphatic carbocycles. The van der Waals surface area contributed by atoms with E-state index in [0.29, 0.717) is 6.54 Å². The van der Waals surface area contributed by atoms with E-state index in [1.807, 2.05) is 0 Å². The second kappa shape index (κ2) is 8.71. The first-order valence-electron chi connectivity index (χ1n) is 6.63. The highest BCUT2D eigenvalue weighted by molar-refractivity contribution is 5.74. The highest BCUT2D eigenvalue weighted by atomic mass is 16.5. The Hall–Kier alpha value is -1.34. The third kappa shape index (κ3) is 6.97. The fraction of sp³-hybridized carbons (Fsp3) is 0.833. The molecule has 2 unspecified atom stereocenters. The molecule has 1 rings (SSSR count). The van der Waals surface area contributed by atoms with Crippen LogP contribution in [0.4, 0.5) is 4.79 Å². The molecule has 1 heterocycles. The number of carbonyl (C=O) groups excluding carboxylic acids is 1. The van der Waals surface area contributed by atoms with E-state index in [0.717, 1.165) is 25.9 Å². The second-order valence-corrected chi connectivity index (χ2v) is 4.60. The summed E-state index contributed by atoms with van der Waals surface area (Å²) in [7, 11) is 0. The van der Waals surface area contributed by atoms with Gasteiger partial charge in [-0.1, -0.05) is 0 Å². The molecule has 7 heteroatoms. The lowest BCUT2D eigenvalue weighted by molar-refractivity contribution is -0.146. The second-order valence-electron chi connectivity index (χ2n) is 4.60. The van der Waals surface area contributed by atoms with Crippen LogP contribution in [0.2, 0.25) is 0 Å². The first-order valence-corrected chi connectivity index (χ1v) is 6.63. The van der Waals surface area contributed by atoms with E-state index < -0.39 is 12.1 Å². The summed E-state index contributed by atoms with van der Waals surface area (Å²) in [6.07, 6.45) is 2.88.